The van der Waals surface area contributed by atoms with E-state index in [1.807, 2.05) is 4.90 Å². The van der Waals surface area contributed by atoms with Crippen LogP contribution in [0.1, 0.15) is 58.2 Å². The molecule has 24 heavy (non-hydrogen) atoms. The lowest BCUT2D eigenvalue weighted by Gasteiger charge is -2.18. The first-order valence-electron chi connectivity index (χ1n) is 8.71. The third-order valence-corrected chi connectivity index (χ3v) is 5.19. The fraction of sp³-hybridized carbons (Fsp3) is 0.824. The van der Waals surface area contributed by atoms with Crippen LogP contribution in [0.3, 0.4) is 0 Å². The first kappa shape index (κ1) is 19.2. The second-order valence-corrected chi connectivity index (χ2v) is 8.08. The number of carbonyl (C=O) groups excluding carboxylic acids is 1. The maximum absolute atomic E-state index is 12.4. The van der Waals surface area contributed by atoms with Crippen LogP contribution in [0.4, 0.5) is 0 Å². The molecule has 3 atom stereocenters. The molecule has 0 aromatic carbocycles. The number of likely N-dealkylation sites (tertiary alicyclic amines) is 1. The highest BCUT2D eigenvalue weighted by Gasteiger charge is 2.42. The van der Waals surface area contributed by atoms with Crippen LogP contribution in [-0.4, -0.2) is 40.1 Å². The molecule has 2 aliphatic rings. The molecule has 7 heteroatoms. The van der Waals surface area contributed by atoms with Crippen LogP contribution in [0, 0.1) is 11.8 Å². The maximum Gasteiger partial charge on any atom is 0.226 e. The van der Waals surface area contributed by atoms with Gasteiger partial charge in [0.1, 0.15) is 0 Å². The molecule has 1 aliphatic carbocycles. The third-order valence-electron chi connectivity index (χ3n) is 5.19. The van der Waals surface area contributed by atoms with Gasteiger partial charge in [0, 0.05) is 37.4 Å². The van der Waals surface area contributed by atoms with Gasteiger partial charge in [0.05, 0.1) is 0 Å². The average molecular weight is 357 g/mol. The zero-order chi connectivity index (χ0) is 16.6. The molecule has 0 bridgehead atoms. The summed E-state index contributed by atoms with van der Waals surface area (Å²) in [5, 5.41) is 4.01. The molecule has 1 aromatic rings. The van der Waals surface area contributed by atoms with Gasteiger partial charge in [-0.15, -0.1) is 12.4 Å². The average Bonchev–Trinajstić information content (AvgIpc) is 3.16. The van der Waals surface area contributed by atoms with Crippen molar-refractivity contribution in [3.05, 3.63) is 11.7 Å². The Bertz CT molecular complexity index is 569. The van der Waals surface area contributed by atoms with Crippen molar-refractivity contribution >= 4 is 18.3 Å². The number of halogens is 1. The molecule has 6 nitrogen and oxygen atoms in total. The highest BCUT2D eigenvalue weighted by atomic mass is 35.5. The first-order valence-corrected chi connectivity index (χ1v) is 8.71. The quantitative estimate of drug-likeness (QED) is 0.894. The van der Waals surface area contributed by atoms with Crippen molar-refractivity contribution in [2.45, 2.75) is 64.3 Å². The van der Waals surface area contributed by atoms with Crippen molar-refractivity contribution in [1.82, 2.24) is 15.0 Å². The molecule has 2 fully saturated rings. The van der Waals surface area contributed by atoms with E-state index in [0.717, 1.165) is 31.8 Å². The van der Waals surface area contributed by atoms with Gasteiger partial charge in [0.2, 0.25) is 11.8 Å². The molecule has 3 rings (SSSR count). The molecule has 1 amide bonds. The van der Waals surface area contributed by atoms with Gasteiger partial charge in [0.15, 0.2) is 5.82 Å². The van der Waals surface area contributed by atoms with Crippen LogP contribution in [0.25, 0.3) is 0 Å². The highest BCUT2D eigenvalue weighted by molar-refractivity contribution is 5.85. The summed E-state index contributed by atoms with van der Waals surface area (Å²) in [5.41, 5.74) is 6.02. The lowest BCUT2D eigenvalue weighted by Crippen LogP contribution is -2.33. The van der Waals surface area contributed by atoms with Crippen molar-refractivity contribution in [1.29, 1.82) is 0 Å². The number of nitrogens with two attached hydrogens (primary N) is 1. The lowest BCUT2D eigenvalue weighted by atomic mass is 9.96. The minimum Gasteiger partial charge on any atom is -0.342 e. The number of fused-ring (bicyclic) bond motifs is 1. The molecule has 1 aromatic heterocycles. The van der Waals surface area contributed by atoms with Crippen LogP contribution < -0.4 is 5.73 Å². The fourth-order valence-electron chi connectivity index (χ4n) is 3.72. The zero-order valence-electron chi connectivity index (χ0n) is 14.8. The van der Waals surface area contributed by atoms with Crippen LogP contribution in [-0.2, 0) is 16.6 Å². The van der Waals surface area contributed by atoms with Crippen LogP contribution in [0.5, 0.6) is 0 Å². The molecular formula is C17H29ClN4O2. The minimum atomic E-state index is -0.107. The van der Waals surface area contributed by atoms with Gasteiger partial charge in [-0.05, 0) is 31.1 Å². The smallest absolute Gasteiger partial charge is 0.226 e. The molecule has 2 heterocycles. The number of aryl methyl sites for hydroxylation is 1. The molecule has 1 saturated carbocycles. The van der Waals surface area contributed by atoms with Crippen molar-refractivity contribution < 1.29 is 9.32 Å². The Morgan fingerprint density at radius 3 is 2.71 bits per heavy atom. The van der Waals surface area contributed by atoms with Crippen LogP contribution in [0.2, 0.25) is 0 Å². The van der Waals surface area contributed by atoms with Gasteiger partial charge in [-0.25, -0.2) is 0 Å². The van der Waals surface area contributed by atoms with Crippen molar-refractivity contribution in [2.75, 3.05) is 13.1 Å². The Labute approximate surface area is 149 Å². The highest BCUT2D eigenvalue weighted by Crippen LogP contribution is 2.37. The Kier molecular flexibility index (Phi) is 5.91. The van der Waals surface area contributed by atoms with Gasteiger partial charge in [-0.2, -0.15) is 4.98 Å². The Morgan fingerprint density at radius 1 is 1.33 bits per heavy atom. The Morgan fingerprint density at radius 2 is 2.08 bits per heavy atom. The van der Waals surface area contributed by atoms with Gasteiger partial charge < -0.3 is 15.2 Å². The molecule has 3 unspecified atom stereocenters. The molecular weight excluding hydrogens is 328 g/mol. The second kappa shape index (κ2) is 7.40. The number of hydrogen-bond acceptors (Lipinski definition) is 5. The standard InChI is InChI=1S/C17H28N4O2.ClH/c1-17(2,3)16-19-14(23-20-16)5-4-6-15(22)21-9-11-7-8-13(18)12(11)10-21;/h11-13H,4-10,18H2,1-3H3;1H. The predicted molar refractivity (Wildman–Crippen MR) is 94.0 cm³/mol. The Balaban J connectivity index is 0.00000208. The number of carbonyl (C=O) groups is 1. The van der Waals surface area contributed by atoms with Crippen molar-refractivity contribution in [2.24, 2.45) is 17.6 Å². The number of nitrogens with zero attached hydrogens (tertiary/aromatic N) is 3. The summed E-state index contributed by atoms with van der Waals surface area (Å²) in [7, 11) is 0. The molecule has 136 valence electrons. The van der Waals surface area contributed by atoms with E-state index in [9.17, 15) is 4.79 Å². The van der Waals surface area contributed by atoms with Gasteiger partial charge in [-0.3, -0.25) is 4.79 Å². The first-order chi connectivity index (χ1) is 10.8. The summed E-state index contributed by atoms with van der Waals surface area (Å²) in [6, 6.07) is 0.284. The van der Waals surface area contributed by atoms with E-state index in [-0.39, 0.29) is 29.8 Å². The van der Waals surface area contributed by atoms with Gasteiger partial charge in [0.25, 0.3) is 0 Å². The van der Waals surface area contributed by atoms with Gasteiger partial charge in [-0.1, -0.05) is 25.9 Å². The summed E-state index contributed by atoms with van der Waals surface area (Å²) in [6.45, 7) is 7.91. The summed E-state index contributed by atoms with van der Waals surface area (Å²) >= 11 is 0. The summed E-state index contributed by atoms with van der Waals surface area (Å²) in [5.74, 6) is 2.73. The van der Waals surface area contributed by atoms with Crippen molar-refractivity contribution in [3.8, 4) is 0 Å². The third kappa shape index (κ3) is 4.09. The number of amides is 1. The van der Waals surface area contributed by atoms with E-state index < -0.39 is 0 Å². The number of hydrogen-bond donors (Lipinski definition) is 1. The molecule has 2 N–H and O–H groups in total. The van der Waals surface area contributed by atoms with E-state index in [1.54, 1.807) is 0 Å². The van der Waals surface area contributed by atoms with Crippen LogP contribution >= 0.6 is 12.4 Å². The molecule has 1 aliphatic heterocycles. The SMILES string of the molecule is CC(C)(C)c1noc(CCCC(=O)N2CC3CCC(N)C3C2)n1.Cl. The maximum atomic E-state index is 12.4. The van der Waals surface area contributed by atoms with E-state index in [0.29, 0.717) is 30.6 Å². The topological polar surface area (TPSA) is 85.2 Å². The minimum absolute atomic E-state index is 0. The van der Waals surface area contributed by atoms with E-state index in [2.05, 4.69) is 30.9 Å². The Hall–Kier alpha value is -1.14. The van der Waals surface area contributed by atoms with Crippen molar-refractivity contribution in [3.63, 3.8) is 0 Å². The normalized spacial score (nSPS) is 26.3. The van der Waals surface area contributed by atoms with E-state index >= 15 is 0 Å². The van der Waals surface area contributed by atoms with Gasteiger partial charge >= 0.3 is 0 Å². The largest absolute Gasteiger partial charge is 0.342 e. The lowest BCUT2D eigenvalue weighted by molar-refractivity contribution is -0.130. The molecule has 1 saturated heterocycles. The molecule has 0 radical (unpaired) electrons. The van der Waals surface area contributed by atoms with Crippen LogP contribution in [0.15, 0.2) is 4.52 Å². The number of aromatic nitrogens is 2. The van der Waals surface area contributed by atoms with E-state index in [4.69, 9.17) is 10.3 Å². The number of rotatable bonds is 4. The summed E-state index contributed by atoms with van der Waals surface area (Å²) in [4.78, 5) is 18.8. The second-order valence-electron chi connectivity index (χ2n) is 8.08. The predicted octanol–water partition coefficient (Wildman–Crippen LogP) is 2.31. The molecule has 0 spiro atoms. The fourth-order valence-corrected chi connectivity index (χ4v) is 3.72. The van der Waals surface area contributed by atoms with E-state index in [1.165, 1.54) is 6.42 Å². The zero-order valence-corrected chi connectivity index (χ0v) is 15.6. The summed E-state index contributed by atoms with van der Waals surface area (Å²) < 4.78 is 5.27. The summed E-state index contributed by atoms with van der Waals surface area (Å²) in [6.07, 6.45) is 4.25. The monoisotopic (exact) mass is 356 g/mol.